The number of anilines is 1. The fraction of sp³-hybridized carbons (Fsp3) is 0.0714. The maximum absolute atomic E-state index is 13.4. The molecule has 0 aliphatic rings. The predicted octanol–water partition coefficient (Wildman–Crippen LogP) is 2.51. The van der Waals surface area contributed by atoms with Crippen molar-refractivity contribution in [2.75, 3.05) is 5.32 Å². The first-order valence-corrected chi connectivity index (χ1v) is 7.17. The van der Waals surface area contributed by atoms with E-state index in [0.717, 1.165) is 12.1 Å². The Bertz CT molecular complexity index is 689. The molecule has 0 fully saturated rings. The monoisotopic (exact) mass is 310 g/mol. The van der Waals surface area contributed by atoms with Crippen molar-refractivity contribution in [3.63, 3.8) is 0 Å². The van der Waals surface area contributed by atoms with Crippen LogP contribution in [0.1, 0.15) is 5.56 Å². The molecule has 2 aromatic rings. The number of nitrogens with one attached hydrogen (secondary N) is 1. The van der Waals surface area contributed by atoms with E-state index in [-0.39, 0.29) is 17.4 Å². The standard InChI is InChI=1S/C14H10F2NO3P/c15-10-3-6-13(12(16)8-10)17-14(18)7-9-1-4-11(5-2-9)21(19)20/h1-6,8H,7H2,(H-,17,18,19,20)/p+1. The zero-order valence-electron chi connectivity index (χ0n) is 10.7. The number of halogens is 2. The molecule has 4 nitrogen and oxygen atoms in total. The fourth-order valence-corrected chi connectivity index (χ4v) is 2.12. The van der Waals surface area contributed by atoms with Gasteiger partial charge < -0.3 is 5.32 Å². The largest absolute Gasteiger partial charge is 0.546 e. The Morgan fingerprint density at radius 2 is 1.81 bits per heavy atom. The van der Waals surface area contributed by atoms with Crippen molar-refractivity contribution < 1.29 is 23.0 Å². The molecule has 1 atom stereocenters. The third kappa shape index (κ3) is 4.15. The highest BCUT2D eigenvalue weighted by molar-refractivity contribution is 7.47. The van der Waals surface area contributed by atoms with Crippen molar-refractivity contribution in [1.29, 1.82) is 0 Å². The lowest BCUT2D eigenvalue weighted by Crippen LogP contribution is -2.15. The summed E-state index contributed by atoms with van der Waals surface area (Å²) < 4.78 is 37.0. The molecular formula is C14H11F2NO3P+. The van der Waals surface area contributed by atoms with Gasteiger partial charge in [0.05, 0.1) is 12.1 Å². The second-order valence-electron chi connectivity index (χ2n) is 4.29. The van der Waals surface area contributed by atoms with Crippen LogP contribution in [0.15, 0.2) is 42.5 Å². The van der Waals surface area contributed by atoms with Gasteiger partial charge in [0.1, 0.15) is 11.6 Å². The molecule has 0 saturated carbocycles. The first kappa shape index (κ1) is 15.2. The average molecular weight is 310 g/mol. The average Bonchev–Trinajstić information content (AvgIpc) is 2.42. The van der Waals surface area contributed by atoms with Gasteiger partial charge in [-0.1, -0.05) is 12.1 Å². The van der Waals surface area contributed by atoms with E-state index in [1.807, 2.05) is 0 Å². The number of carbonyl (C=O) groups is 1. The molecule has 0 aliphatic heterocycles. The smallest absolute Gasteiger partial charge is 0.323 e. The SMILES string of the molecule is O=C(Cc1ccc([P+](=O)O)cc1)Nc1ccc(F)cc1F. The molecule has 108 valence electrons. The molecule has 0 radical (unpaired) electrons. The van der Waals surface area contributed by atoms with Gasteiger partial charge in [-0.25, -0.2) is 8.78 Å². The first-order chi connectivity index (χ1) is 9.95. The van der Waals surface area contributed by atoms with Crippen molar-refractivity contribution in [1.82, 2.24) is 0 Å². The van der Waals surface area contributed by atoms with Crippen LogP contribution in [-0.4, -0.2) is 10.8 Å². The van der Waals surface area contributed by atoms with Crippen molar-refractivity contribution in [3.8, 4) is 0 Å². The molecule has 0 aromatic heterocycles. The van der Waals surface area contributed by atoms with E-state index in [4.69, 9.17) is 4.89 Å². The van der Waals surface area contributed by atoms with Crippen LogP contribution in [0.25, 0.3) is 0 Å². The molecule has 0 heterocycles. The number of benzene rings is 2. The van der Waals surface area contributed by atoms with Crippen LogP contribution in [0.2, 0.25) is 0 Å². The fourth-order valence-electron chi connectivity index (χ4n) is 1.71. The topological polar surface area (TPSA) is 66.4 Å². The summed E-state index contributed by atoms with van der Waals surface area (Å²) in [4.78, 5) is 20.7. The Morgan fingerprint density at radius 1 is 1.14 bits per heavy atom. The van der Waals surface area contributed by atoms with Gasteiger partial charge in [0.2, 0.25) is 11.2 Å². The summed E-state index contributed by atoms with van der Waals surface area (Å²) in [6.07, 6.45) is -0.0285. The van der Waals surface area contributed by atoms with Crippen molar-refractivity contribution in [2.24, 2.45) is 0 Å². The lowest BCUT2D eigenvalue weighted by Gasteiger charge is -2.06. The van der Waals surface area contributed by atoms with E-state index in [1.165, 1.54) is 12.1 Å². The van der Waals surface area contributed by atoms with Crippen LogP contribution in [0.3, 0.4) is 0 Å². The van der Waals surface area contributed by atoms with Gasteiger partial charge >= 0.3 is 8.03 Å². The molecule has 2 aromatic carbocycles. The molecule has 21 heavy (non-hydrogen) atoms. The van der Waals surface area contributed by atoms with E-state index in [1.54, 1.807) is 12.1 Å². The first-order valence-electron chi connectivity index (χ1n) is 5.95. The van der Waals surface area contributed by atoms with E-state index >= 15 is 0 Å². The normalized spacial score (nSPS) is 11.1. The van der Waals surface area contributed by atoms with Gasteiger partial charge in [0, 0.05) is 6.07 Å². The van der Waals surface area contributed by atoms with Gasteiger partial charge in [0.25, 0.3) is 0 Å². The lowest BCUT2D eigenvalue weighted by molar-refractivity contribution is -0.115. The summed E-state index contributed by atoms with van der Waals surface area (Å²) in [7, 11) is -2.41. The Morgan fingerprint density at radius 3 is 2.38 bits per heavy atom. The van der Waals surface area contributed by atoms with Gasteiger partial charge in [0.15, 0.2) is 0 Å². The lowest BCUT2D eigenvalue weighted by atomic mass is 10.1. The third-order valence-corrected chi connectivity index (χ3v) is 3.47. The summed E-state index contributed by atoms with van der Waals surface area (Å²) in [5.74, 6) is -2.04. The Hall–Kier alpha value is -2.17. The Kier molecular flexibility index (Phi) is 4.73. The van der Waals surface area contributed by atoms with Crippen molar-refractivity contribution >= 4 is 24.9 Å². The molecule has 1 amide bonds. The zero-order valence-corrected chi connectivity index (χ0v) is 11.6. The number of rotatable bonds is 4. The van der Waals surface area contributed by atoms with Crippen molar-refractivity contribution in [3.05, 3.63) is 59.7 Å². The molecule has 0 aliphatic carbocycles. The van der Waals surface area contributed by atoms with Crippen LogP contribution in [0.4, 0.5) is 14.5 Å². The highest BCUT2D eigenvalue weighted by Crippen LogP contribution is 2.16. The minimum atomic E-state index is -2.41. The predicted molar refractivity (Wildman–Crippen MR) is 74.6 cm³/mol. The van der Waals surface area contributed by atoms with Crippen LogP contribution in [0, 0.1) is 11.6 Å². The summed E-state index contributed by atoms with van der Waals surface area (Å²) in [5.41, 5.74) is 0.507. The maximum Gasteiger partial charge on any atom is 0.546 e. The summed E-state index contributed by atoms with van der Waals surface area (Å²) in [6.45, 7) is 0. The number of carbonyl (C=O) groups excluding carboxylic acids is 1. The van der Waals surface area contributed by atoms with Gasteiger partial charge in [-0.3, -0.25) is 4.79 Å². The van der Waals surface area contributed by atoms with E-state index in [0.29, 0.717) is 11.6 Å². The molecule has 0 bridgehead atoms. The molecule has 2 rings (SSSR count). The van der Waals surface area contributed by atoms with Gasteiger partial charge in [-0.05, 0) is 34.4 Å². The zero-order chi connectivity index (χ0) is 15.4. The van der Waals surface area contributed by atoms with Crippen molar-refractivity contribution in [2.45, 2.75) is 6.42 Å². The molecule has 1 unspecified atom stereocenters. The van der Waals surface area contributed by atoms with Gasteiger partial charge in [-0.15, -0.1) is 0 Å². The van der Waals surface area contributed by atoms with Crippen LogP contribution in [0.5, 0.6) is 0 Å². The minimum absolute atomic E-state index is 0.0285. The number of amides is 1. The molecular weight excluding hydrogens is 299 g/mol. The number of hydrogen-bond donors (Lipinski definition) is 2. The maximum atomic E-state index is 13.4. The molecule has 2 N–H and O–H groups in total. The Balaban J connectivity index is 2.02. The second-order valence-corrected chi connectivity index (χ2v) is 5.35. The highest BCUT2D eigenvalue weighted by atomic mass is 31.1. The summed E-state index contributed by atoms with van der Waals surface area (Å²) in [5, 5.41) is 2.60. The number of hydrogen-bond acceptors (Lipinski definition) is 2. The Labute approximate surface area is 120 Å². The molecule has 0 saturated heterocycles. The van der Waals surface area contributed by atoms with E-state index < -0.39 is 25.6 Å². The highest BCUT2D eigenvalue weighted by Gasteiger charge is 2.15. The second kappa shape index (κ2) is 6.52. The van der Waals surface area contributed by atoms with E-state index in [2.05, 4.69) is 5.32 Å². The molecule has 7 heteroatoms. The van der Waals surface area contributed by atoms with Crippen LogP contribution in [-0.2, 0) is 15.8 Å². The summed E-state index contributed by atoms with van der Waals surface area (Å²) >= 11 is 0. The quantitative estimate of drug-likeness (QED) is 0.853. The summed E-state index contributed by atoms with van der Waals surface area (Å²) in [6, 6.07) is 8.84. The van der Waals surface area contributed by atoms with E-state index in [9.17, 15) is 18.1 Å². The minimum Gasteiger partial charge on any atom is -0.323 e. The van der Waals surface area contributed by atoms with Crippen LogP contribution >= 0.6 is 8.03 Å². The van der Waals surface area contributed by atoms with Crippen LogP contribution < -0.4 is 10.6 Å². The molecule has 0 spiro atoms. The van der Waals surface area contributed by atoms with Gasteiger partial charge in [-0.2, -0.15) is 4.89 Å². The third-order valence-electron chi connectivity index (χ3n) is 2.73.